The molecule has 0 aliphatic rings. The van der Waals surface area contributed by atoms with Crippen LogP contribution in [0.5, 0.6) is 0 Å². The number of nitrogens with zero attached hydrogens (tertiary/aromatic N) is 1. The smallest absolute Gasteiger partial charge is 0.324 e. The minimum Gasteiger partial charge on any atom is -0.396 e. The fourth-order valence-electron chi connectivity index (χ4n) is 1.31. The van der Waals surface area contributed by atoms with Crippen molar-refractivity contribution in [1.29, 1.82) is 0 Å². The van der Waals surface area contributed by atoms with Crippen molar-refractivity contribution < 1.29 is 14.8 Å². The summed E-state index contributed by atoms with van der Waals surface area (Å²) in [5.74, 6) is -0.312. The maximum Gasteiger partial charge on any atom is 0.324 e. The van der Waals surface area contributed by atoms with Crippen LogP contribution in [0.15, 0.2) is 12.1 Å². The zero-order valence-corrected chi connectivity index (χ0v) is 10.2. The molecule has 1 aromatic heterocycles. The molecule has 7 heteroatoms. The van der Waals surface area contributed by atoms with E-state index in [-0.39, 0.29) is 23.6 Å². The van der Waals surface area contributed by atoms with E-state index >= 15 is 0 Å². The highest BCUT2D eigenvalue weighted by Gasteiger charge is 2.16. The first-order valence-corrected chi connectivity index (χ1v) is 6.02. The van der Waals surface area contributed by atoms with Crippen molar-refractivity contribution in [3.05, 3.63) is 27.1 Å². The van der Waals surface area contributed by atoms with Gasteiger partial charge in [0.05, 0.1) is 9.80 Å². The third-order valence-electron chi connectivity index (χ3n) is 2.17. The highest BCUT2D eigenvalue weighted by Crippen LogP contribution is 2.23. The van der Waals surface area contributed by atoms with Crippen molar-refractivity contribution in [1.82, 2.24) is 5.32 Å². The molecule has 1 unspecified atom stereocenters. The third-order valence-corrected chi connectivity index (χ3v) is 3.20. The average molecular weight is 258 g/mol. The van der Waals surface area contributed by atoms with E-state index in [9.17, 15) is 14.9 Å². The molecule has 6 nitrogen and oxygen atoms in total. The maximum absolute atomic E-state index is 11.7. The second-order valence-corrected chi connectivity index (χ2v) is 4.70. The zero-order valence-electron chi connectivity index (χ0n) is 9.38. The first-order valence-electron chi connectivity index (χ1n) is 5.20. The van der Waals surface area contributed by atoms with Gasteiger partial charge in [0.15, 0.2) is 0 Å². The van der Waals surface area contributed by atoms with E-state index in [1.165, 1.54) is 12.1 Å². The van der Waals surface area contributed by atoms with Crippen molar-refractivity contribution in [2.24, 2.45) is 0 Å². The lowest BCUT2D eigenvalue weighted by Crippen LogP contribution is -2.32. The molecule has 2 N–H and O–H groups in total. The van der Waals surface area contributed by atoms with Crippen molar-refractivity contribution in [3.8, 4) is 0 Å². The van der Waals surface area contributed by atoms with Gasteiger partial charge in [0.1, 0.15) is 0 Å². The van der Waals surface area contributed by atoms with E-state index in [2.05, 4.69) is 5.32 Å². The van der Waals surface area contributed by atoms with Crippen LogP contribution >= 0.6 is 11.3 Å². The summed E-state index contributed by atoms with van der Waals surface area (Å²) in [6.45, 7) is 1.92. The summed E-state index contributed by atoms with van der Waals surface area (Å²) in [4.78, 5) is 21.9. The lowest BCUT2D eigenvalue weighted by atomic mass is 10.2. The minimum atomic E-state index is -0.517. The molecule has 0 bridgehead atoms. The summed E-state index contributed by atoms with van der Waals surface area (Å²) in [6, 6.07) is 2.70. The van der Waals surface area contributed by atoms with Gasteiger partial charge in [-0.15, -0.1) is 0 Å². The fraction of sp³-hybridized carbons (Fsp3) is 0.500. The number of carbonyl (C=O) groups excluding carboxylic acids is 1. The summed E-state index contributed by atoms with van der Waals surface area (Å²) in [5.41, 5.74) is 0. The number of amides is 1. The quantitative estimate of drug-likeness (QED) is 0.598. The van der Waals surface area contributed by atoms with Crippen LogP contribution in [0, 0.1) is 10.1 Å². The molecular weight excluding hydrogens is 244 g/mol. The number of aliphatic hydroxyl groups excluding tert-OH is 1. The Hall–Kier alpha value is -1.47. The number of hydrogen-bond acceptors (Lipinski definition) is 5. The Kier molecular flexibility index (Phi) is 5.05. The Morgan fingerprint density at radius 3 is 2.88 bits per heavy atom. The molecule has 94 valence electrons. The second-order valence-electron chi connectivity index (χ2n) is 3.64. The number of nitro groups is 1. The monoisotopic (exact) mass is 258 g/mol. The Labute approximate surface area is 102 Å². The number of thiophene rings is 1. The van der Waals surface area contributed by atoms with E-state index in [1.54, 1.807) is 0 Å². The van der Waals surface area contributed by atoms with Crippen LogP contribution in [-0.4, -0.2) is 28.6 Å². The predicted octanol–water partition coefficient (Wildman–Crippen LogP) is 1.55. The number of hydrogen-bond donors (Lipinski definition) is 2. The van der Waals surface area contributed by atoms with Gasteiger partial charge in [-0.05, 0) is 25.8 Å². The van der Waals surface area contributed by atoms with Gasteiger partial charge in [0, 0.05) is 18.7 Å². The van der Waals surface area contributed by atoms with Gasteiger partial charge < -0.3 is 10.4 Å². The summed E-state index contributed by atoms with van der Waals surface area (Å²) in [6.07, 6.45) is 1.29. The summed E-state index contributed by atoms with van der Waals surface area (Å²) in [5, 5.41) is 21.8. The molecular formula is C10H14N2O4S. The van der Waals surface area contributed by atoms with Crippen molar-refractivity contribution >= 4 is 22.2 Å². The molecule has 17 heavy (non-hydrogen) atoms. The zero-order chi connectivity index (χ0) is 12.8. The number of aliphatic hydroxyl groups is 1. The number of rotatable bonds is 6. The highest BCUT2D eigenvalue weighted by molar-refractivity contribution is 7.17. The molecule has 0 saturated heterocycles. The number of nitrogens with one attached hydrogen (secondary N) is 1. The lowest BCUT2D eigenvalue weighted by Gasteiger charge is -2.11. The fourth-order valence-corrected chi connectivity index (χ4v) is 2.04. The summed E-state index contributed by atoms with van der Waals surface area (Å²) < 4.78 is 0. The van der Waals surface area contributed by atoms with Crippen LogP contribution in [0.1, 0.15) is 29.4 Å². The molecule has 0 saturated carbocycles. The van der Waals surface area contributed by atoms with Crippen molar-refractivity contribution in [3.63, 3.8) is 0 Å². The predicted molar refractivity (Wildman–Crippen MR) is 64.2 cm³/mol. The highest BCUT2D eigenvalue weighted by atomic mass is 32.1. The SMILES string of the molecule is CC(CCCO)NC(=O)c1ccc([N+](=O)[O-])s1. The van der Waals surface area contributed by atoms with E-state index < -0.39 is 4.92 Å². The van der Waals surface area contributed by atoms with Crippen LogP contribution < -0.4 is 5.32 Å². The van der Waals surface area contributed by atoms with Gasteiger partial charge >= 0.3 is 5.00 Å². The van der Waals surface area contributed by atoms with Gasteiger partial charge in [-0.3, -0.25) is 14.9 Å². The Balaban J connectivity index is 2.54. The first kappa shape index (κ1) is 13.6. The molecule has 1 atom stereocenters. The molecule has 1 amide bonds. The molecule has 1 heterocycles. The van der Waals surface area contributed by atoms with Crippen LogP contribution in [0.4, 0.5) is 5.00 Å². The van der Waals surface area contributed by atoms with Crippen LogP contribution in [0.25, 0.3) is 0 Å². The Bertz CT molecular complexity index is 405. The van der Waals surface area contributed by atoms with Crippen molar-refractivity contribution in [2.75, 3.05) is 6.61 Å². The summed E-state index contributed by atoms with van der Waals surface area (Å²) in [7, 11) is 0. The van der Waals surface area contributed by atoms with Gasteiger partial charge in [-0.25, -0.2) is 0 Å². The second kappa shape index (κ2) is 6.31. The molecule has 1 aromatic rings. The Morgan fingerprint density at radius 2 is 2.35 bits per heavy atom. The molecule has 0 fully saturated rings. The molecule has 0 aromatic carbocycles. The van der Waals surface area contributed by atoms with Gasteiger partial charge in [0.2, 0.25) is 0 Å². The maximum atomic E-state index is 11.7. The average Bonchev–Trinajstić information content (AvgIpc) is 2.75. The molecule has 0 spiro atoms. The normalized spacial score (nSPS) is 12.1. The molecule has 0 radical (unpaired) electrons. The van der Waals surface area contributed by atoms with Gasteiger partial charge in [-0.2, -0.15) is 0 Å². The summed E-state index contributed by atoms with van der Waals surface area (Å²) >= 11 is 0.854. The van der Waals surface area contributed by atoms with Crippen LogP contribution in [0.2, 0.25) is 0 Å². The van der Waals surface area contributed by atoms with Crippen LogP contribution in [-0.2, 0) is 0 Å². The minimum absolute atomic E-state index is 0.0434. The lowest BCUT2D eigenvalue weighted by molar-refractivity contribution is -0.380. The van der Waals surface area contributed by atoms with Gasteiger partial charge in [0.25, 0.3) is 5.91 Å². The Morgan fingerprint density at radius 1 is 1.65 bits per heavy atom. The molecule has 0 aliphatic carbocycles. The number of carbonyl (C=O) groups is 1. The first-order chi connectivity index (χ1) is 8.04. The van der Waals surface area contributed by atoms with E-state index in [0.717, 1.165) is 11.3 Å². The third kappa shape index (κ3) is 4.12. The topological polar surface area (TPSA) is 92.5 Å². The van der Waals surface area contributed by atoms with Crippen molar-refractivity contribution in [2.45, 2.75) is 25.8 Å². The van der Waals surface area contributed by atoms with Gasteiger partial charge in [-0.1, -0.05) is 11.3 Å². The standard InChI is InChI=1S/C10H14N2O4S/c1-7(3-2-6-13)11-10(14)8-4-5-9(17-8)12(15)16/h4-5,7,13H,2-3,6H2,1H3,(H,11,14). The molecule has 1 rings (SSSR count). The van der Waals surface area contributed by atoms with E-state index in [1.807, 2.05) is 6.92 Å². The largest absolute Gasteiger partial charge is 0.396 e. The molecule has 0 aliphatic heterocycles. The van der Waals surface area contributed by atoms with Crippen LogP contribution in [0.3, 0.4) is 0 Å². The van der Waals surface area contributed by atoms with E-state index in [4.69, 9.17) is 5.11 Å². The van der Waals surface area contributed by atoms with E-state index in [0.29, 0.717) is 17.7 Å².